The van der Waals surface area contributed by atoms with Crippen LogP contribution in [0.1, 0.15) is 38.3 Å². The second kappa shape index (κ2) is 5.09. The molecule has 0 fully saturated rings. The fraction of sp³-hybridized carbons (Fsp3) is 0.600. The van der Waals surface area contributed by atoms with Crippen molar-refractivity contribution in [2.75, 3.05) is 18.5 Å². The highest BCUT2D eigenvalue weighted by Crippen LogP contribution is 2.24. The quantitative estimate of drug-likeness (QED) is 0.805. The maximum Gasteiger partial charge on any atom is 0.0646 e. The molecule has 1 aromatic rings. The van der Waals surface area contributed by atoms with Crippen LogP contribution in [0.4, 0.5) is 5.69 Å². The van der Waals surface area contributed by atoms with E-state index >= 15 is 0 Å². The van der Waals surface area contributed by atoms with Crippen LogP contribution in [0.5, 0.6) is 0 Å². The van der Waals surface area contributed by atoms with Crippen molar-refractivity contribution in [1.29, 1.82) is 0 Å². The van der Waals surface area contributed by atoms with Crippen molar-refractivity contribution in [2.45, 2.75) is 45.6 Å². The maximum absolute atomic E-state index is 5.68. The smallest absolute Gasteiger partial charge is 0.0646 e. The lowest BCUT2D eigenvalue weighted by molar-refractivity contribution is 0.00333. The Morgan fingerprint density at radius 1 is 1.18 bits per heavy atom. The van der Waals surface area contributed by atoms with E-state index in [2.05, 4.69) is 44.3 Å². The van der Waals surface area contributed by atoms with Gasteiger partial charge in [0.15, 0.2) is 0 Å². The van der Waals surface area contributed by atoms with Gasteiger partial charge in [-0.25, -0.2) is 0 Å². The minimum absolute atomic E-state index is 0.0420. The summed E-state index contributed by atoms with van der Waals surface area (Å²) in [5.74, 6) is 0. The van der Waals surface area contributed by atoms with Crippen molar-refractivity contribution in [1.82, 2.24) is 0 Å². The third-order valence-corrected chi connectivity index (χ3v) is 3.06. The predicted molar refractivity (Wildman–Crippen MR) is 72.7 cm³/mol. The Bertz CT molecular complexity index is 379. The van der Waals surface area contributed by atoms with Gasteiger partial charge in [0.25, 0.3) is 0 Å². The maximum atomic E-state index is 5.68. The zero-order valence-electron chi connectivity index (χ0n) is 11.2. The summed E-state index contributed by atoms with van der Waals surface area (Å²) in [5, 5.41) is 3.42. The molecule has 2 heteroatoms. The Morgan fingerprint density at radius 3 is 2.71 bits per heavy atom. The summed E-state index contributed by atoms with van der Waals surface area (Å²) >= 11 is 0. The van der Waals surface area contributed by atoms with Crippen LogP contribution in [-0.2, 0) is 17.6 Å². The molecule has 1 aliphatic carbocycles. The third kappa shape index (κ3) is 3.74. The van der Waals surface area contributed by atoms with Gasteiger partial charge in [0.05, 0.1) is 12.2 Å². The molecule has 0 saturated heterocycles. The van der Waals surface area contributed by atoms with Gasteiger partial charge in [-0.3, -0.25) is 0 Å². The van der Waals surface area contributed by atoms with Gasteiger partial charge in [0.1, 0.15) is 0 Å². The van der Waals surface area contributed by atoms with Crippen LogP contribution < -0.4 is 5.32 Å². The standard InChI is InChI=1S/C15H23NO/c1-15(2,3)17-10-9-16-14-8-7-12-5-4-6-13(12)11-14/h7-8,11,16H,4-6,9-10H2,1-3H3. The summed E-state index contributed by atoms with van der Waals surface area (Å²) in [6.45, 7) is 7.88. The van der Waals surface area contributed by atoms with E-state index in [-0.39, 0.29) is 5.60 Å². The molecule has 1 aliphatic rings. The molecule has 94 valence electrons. The Morgan fingerprint density at radius 2 is 1.94 bits per heavy atom. The molecular formula is C15H23NO. The van der Waals surface area contributed by atoms with Crippen molar-refractivity contribution >= 4 is 5.69 Å². The van der Waals surface area contributed by atoms with Crippen LogP contribution in [0.2, 0.25) is 0 Å². The van der Waals surface area contributed by atoms with Crippen molar-refractivity contribution in [3.8, 4) is 0 Å². The van der Waals surface area contributed by atoms with Gasteiger partial charge in [-0.2, -0.15) is 0 Å². The van der Waals surface area contributed by atoms with Crippen molar-refractivity contribution in [3.05, 3.63) is 29.3 Å². The average Bonchev–Trinajstić information content (AvgIpc) is 2.70. The van der Waals surface area contributed by atoms with Crippen LogP contribution in [0.3, 0.4) is 0 Å². The van der Waals surface area contributed by atoms with E-state index in [9.17, 15) is 0 Å². The van der Waals surface area contributed by atoms with Gasteiger partial charge < -0.3 is 10.1 Å². The molecular weight excluding hydrogens is 210 g/mol. The van der Waals surface area contributed by atoms with Crippen molar-refractivity contribution < 1.29 is 4.74 Å². The second-order valence-corrected chi connectivity index (χ2v) is 5.72. The molecule has 0 aliphatic heterocycles. The topological polar surface area (TPSA) is 21.3 Å². The first kappa shape index (κ1) is 12.4. The number of hydrogen-bond donors (Lipinski definition) is 1. The zero-order chi connectivity index (χ0) is 12.3. The SMILES string of the molecule is CC(C)(C)OCCNc1ccc2c(c1)CCC2. The van der Waals surface area contributed by atoms with E-state index in [1.165, 1.54) is 36.1 Å². The van der Waals surface area contributed by atoms with Gasteiger partial charge >= 0.3 is 0 Å². The lowest BCUT2D eigenvalue weighted by atomic mass is 10.1. The molecule has 2 rings (SSSR count). The molecule has 2 nitrogen and oxygen atoms in total. The Kier molecular flexibility index (Phi) is 3.72. The molecule has 1 aromatic carbocycles. The molecule has 0 unspecified atom stereocenters. The highest BCUT2D eigenvalue weighted by atomic mass is 16.5. The lowest BCUT2D eigenvalue weighted by Crippen LogP contribution is -2.23. The number of rotatable bonds is 4. The summed E-state index contributed by atoms with van der Waals surface area (Å²) in [7, 11) is 0. The normalized spacial score (nSPS) is 14.8. The van der Waals surface area contributed by atoms with Gasteiger partial charge in [-0.15, -0.1) is 0 Å². The van der Waals surface area contributed by atoms with E-state index in [1.54, 1.807) is 0 Å². The molecule has 0 atom stereocenters. The average molecular weight is 233 g/mol. The molecule has 0 bridgehead atoms. The first-order valence-corrected chi connectivity index (χ1v) is 6.54. The summed E-state index contributed by atoms with van der Waals surface area (Å²) < 4.78 is 5.68. The number of benzene rings is 1. The highest BCUT2D eigenvalue weighted by molar-refractivity contribution is 5.50. The van der Waals surface area contributed by atoms with E-state index in [1.807, 2.05) is 0 Å². The second-order valence-electron chi connectivity index (χ2n) is 5.72. The fourth-order valence-electron chi connectivity index (χ4n) is 2.23. The van der Waals surface area contributed by atoms with E-state index in [0.29, 0.717) is 0 Å². The largest absolute Gasteiger partial charge is 0.383 e. The molecule has 0 radical (unpaired) electrons. The molecule has 0 saturated carbocycles. The van der Waals surface area contributed by atoms with E-state index in [4.69, 9.17) is 4.74 Å². The van der Waals surface area contributed by atoms with Gasteiger partial charge in [-0.1, -0.05) is 6.07 Å². The summed E-state index contributed by atoms with van der Waals surface area (Å²) in [4.78, 5) is 0. The van der Waals surface area contributed by atoms with Crippen LogP contribution in [0.15, 0.2) is 18.2 Å². The van der Waals surface area contributed by atoms with Crippen molar-refractivity contribution in [2.24, 2.45) is 0 Å². The Labute approximate surface area is 104 Å². The summed E-state index contributed by atoms with van der Waals surface area (Å²) in [6, 6.07) is 6.73. The molecule has 17 heavy (non-hydrogen) atoms. The molecule has 0 aromatic heterocycles. The number of ether oxygens (including phenoxy) is 1. The van der Waals surface area contributed by atoms with E-state index < -0.39 is 0 Å². The van der Waals surface area contributed by atoms with E-state index in [0.717, 1.165) is 13.2 Å². The molecule has 0 spiro atoms. The number of anilines is 1. The fourth-order valence-corrected chi connectivity index (χ4v) is 2.23. The highest BCUT2D eigenvalue weighted by Gasteiger charge is 2.11. The number of fused-ring (bicyclic) bond motifs is 1. The minimum Gasteiger partial charge on any atom is -0.383 e. The predicted octanol–water partition coefficient (Wildman–Crippen LogP) is 3.40. The monoisotopic (exact) mass is 233 g/mol. The van der Waals surface area contributed by atoms with Crippen molar-refractivity contribution in [3.63, 3.8) is 0 Å². The third-order valence-electron chi connectivity index (χ3n) is 3.06. The Hall–Kier alpha value is -1.02. The molecule has 1 N–H and O–H groups in total. The summed E-state index contributed by atoms with van der Waals surface area (Å²) in [6.07, 6.45) is 3.80. The van der Waals surface area contributed by atoms with Crippen LogP contribution in [-0.4, -0.2) is 18.8 Å². The summed E-state index contributed by atoms with van der Waals surface area (Å²) in [5.41, 5.74) is 4.23. The molecule has 0 amide bonds. The minimum atomic E-state index is -0.0420. The number of hydrogen-bond acceptors (Lipinski definition) is 2. The van der Waals surface area contributed by atoms with Gasteiger partial charge in [-0.05, 0) is 63.3 Å². The first-order chi connectivity index (χ1) is 8.04. The first-order valence-electron chi connectivity index (χ1n) is 6.54. The van der Waals surface area contributed by atoms with Crippen LogP contribution >= 0.6 is 0 Å². The van der Waals surface area contributed by atoms with Gasteiger partial charge in [0.2, 0.25) is 0 Å². The number of nitrogens with one attached hydrogen (secondary N) is 1. The number of aryl methyl sites for hydroxylation is 2. The van der Waals surface area contributed by atoms with Crippen LogP contribution in [0.25, 0.3) is 0 Å². The molecule has 0 heterocycles. The lowest BCUT2D eigenvalue weighted by Gasteiger charge is -2.19. The zero-order valence-corrected chi connectivity index (χ0v) is 11.2. The van der Waals surface area contributed by atoms with Crippen LogP contribution in [0, 0.1) is 0 Å². The Balaban J connectivity index is 1.80. The van der Waals surface area contributed by atoms with Gasteiger partial charge in [0, 0.05) is 12.2 Å².